The fourth-order valence-corrected chi connectivity index (χ4v) is 7.03. The highest BCUT2D eigenvalue weighted by Crippen LogP contribution is 2.24. The largest absolute Gasteiger partial charge is 0.508 e. The second-order valence-electron chi connectivity index (χ2n) is 16.2. The molecular weight excluding hydrogens is 715 g/mol. The molecule has 0 saturated heterocycles. The number of allylic oxidation sites excluding steroid dienone is 4. The highest BCUT2D eigenvalue weighted by Gasteiger charge is 2.18. The van der Waals surface area contributed by atoms with Crippen LogP contribution < -0.4 is 0 Å². The van der Waals surface area contributed by atoms with E-state index in [2.05, 4.69) is 63.8 Å². The molecule has 334 valence electrons. The van der Waals surface area contributed by atoms with Gasteiger partial charge < -0.3 is 23.8 Å². The van der Waals surface area contributed by atoms with E-state index < -0.39 is 12.1 Å². The van der Waals surface area contributed by atoms with Crippen LogP contribution in [0, 0.1) is 11.8 Å². The summed E-state index contributed by atoms with van der Waals surface area (Å²) >= 11 is 0. The predicted molar refractivity (Wildman–Crippen MR) is 239 cm³/mol. The quantitative estimate of drug-likeness (QED) is 0.0261. The predicted octanol–water partition coefficient (Wildman–Crippen LogP) is 13.9. The molecule has 1 atom stereocenters. The third-order valence-electron chi connectivity index (χ3n) is 10.9. The summed E-state index contributed by atoms with van der Waals surface area (Å²) in [6.45, 7) is 14.1. The zero-order valence-corrected chi connectivity index (χ0v) is 38.0. The Hall–Kier alpha value is -2.35. The number of ether oxygens (including phenoxy) is 4. The van der Waals surface area contributed by atoms with Crippen LogP contribution in [0.25, 0.3) is 0 Å². The molecule has 0 N–H and O–H groups in total. The van der Waals surface area contributed by atoms with Crippen LogP contribution in [0.15, 0.2) is 24.3 Å². The van der Waals surface area contributed by atoms with E-state index >= 15 is 0 Å². The average molecular weight is 806 g/mol. The molecule has 0 amide bonds. The lowest BCUT2D eigenvalue weighted by atomic mass is 9.90. The minimum Gasteiger partial charge on any atom is -0.465 e. The van der Waals surface area contributed by atoms with Gasteiger partial charge in [-0.25, -0.2) is 4.79 Å². The smallest absolute Gasteiger partial charge is 0.465 e. The maximum absolute atomic E-state index is 12.6. The Labute approximate surface area is 352 Å². The summed E-state index contributed by atoms with van der Waals surface area (Å²) in [4.78, 5) is 39.8. The van der Waals surface area contributed by atoms with Gasteiger partial charge in [0.05, 0.1) is 12.5 Å². The van der Waals surface area contributed by atoms with Gasteiger partial charge in [0.2, 0.25) is 0 Å². The molecule has 1 unspecified atom stereocenters. The topological polar surface area (TPSA) is 91.4 Å². The van der Waals surface area contributed by atoms with Crippen molar-refractivity contribution in [2.45, 2.75) is 214 Å². The molecule has 0 saturated carbocycles. The van der Waals surface area contributed by atoms with Gasteiger partial charge in [-0.2, -0.15) is 0 Å². The Morgan fingerprint density at radius 1 is 0.456 bits per heavy atom. The van der Waals surface area contributed by atoms with Crippen LogP contribution in [0.3, 0.4) is 0 Å². The van der Waals surface area contributed by atoms with Gasteiger partial charge in [-0.3, -0.25) is 9.59 Å². The van der Waals surface area contributed by atoms with Gasteiger partial charge in [-0.05, 0) is 70.4 Å². The summed E-state index contributed by atoms with van der Waals surface area (Å²) in [5, 5.41) is 0. The zero-order chi connectivity index (χ0) is 41.9. The van der Waals surface area contributed by atoms with Crippen molar-refractivity contribution in [3.63, 3.8) is 0 Å². The molecule has 0 rings (SSSR count). The minimum atomic E-state index is -0.754. The van der Waals surface area contributed by atoms with Crippen LogP contribution in [0.5, 0.6) is 0 Å². The molecule has 8 nitrogen and oxygen atoms in total. The minimum absolute atomic E-state index is 0.0273. The molecule has 0 aromatic heterocycles. The highest BCUT2D eigenvalue weighted by atomic mass is 16.7. The van der Waals surface area contributed by atoms with Crippen molar-refractivity contribution in [3.05, 3.63) is 24.3 Å². The van der Waals surface area contributed by atoms with Gasteiger partial charge in [0, 0.05) is 19.4 Å². The van der Waals surface area contributed by atoms with Crippen molar-refractivity contribution in [1.29, 1.82) is 0 Å². The summed E-state index contributed by atoms with van der Waals surface area (Å²) in [5.41, 5.74) is 0. The molecule has 0 fully saturated rings. The number of carbonyl (C=O) groups excluding carboxylic acids is 3. The van der Waals surface area contributed by atoms with Crippen LogP contribution in [0.2, 0.25) is 0 Å². The molecule has 57 heavy (non-hydrogen) atoms. The van der Waals surface area contributed by atoms with E-state index in [1.165, 1.54) is 103 Å². The fourth-order valence-electron chi connectivity index (χ4n) is 7.03. The van der Waals surface area contributed by atoms with Crippen LogP contribution in [-0.4, -0.2) is 69.1 Å². The van der Waals surface area contributed by atoms with E-state index in [4.69, 9.17) is 18.9 Å². The number of nitrogens with zero attached hydrogens (tertiary/aromatic N) is 1. The third-order valence-corrected chi connectivity index (χ3v) is 10.9. The monoisotopic (exact) mass is 806 g/mol. The van der Waals surface area contributed by atoms with E-state index in [0.717, 1.165) is 89.8 Å². The summed E-state index contributed by atoms with van der Waals surface area (Å²) in [7, 11) is 0. The van der Waals surface area contributed by atoms with Crippen LogP contribution in [0.4, 0.5) is 4.79 Å². The molecule has 0 aliphatic heterocycles. The second kappa shape index (κ2) is 43.2. The summed E-state index contributed by atoms with van der Waals surface area (Å²) in [5.74, 6) is -0.112. The summed E-state index contributed by atoms with van der Waals surface area (Å²) in [6, 6.07) is 0. The molecule has 0 aromatic rings. The van der Waals surface area contributed by atoms with Gasteiger partial charge in [0.1, 0.15) is 19.8 Å². The lowest BCUT2D eigenvalue weighted by Crippen LogP contribution is -2.27. The molecule has 0 spiro atoms. The van der Waals surface area contributed by atoms with Crippen molar-refractivity contribution in [3.8, 4) is 0 Å². The Morgan fingerprint density at radius 3 is 1.42 bits per heavy atom. The Bertz CT molecular complexity index is 953. The van der Waals surface area contributed by atoms with Gasteiger partial charge in [-0.15, -0.1) is 0 Å². The van der Waals surface area contributed by atoms with Crippen molar-refractivity contribution < 1.29 is 33.3 Å². The van der Waals surface area contributed by atoms with Gasteiger partial charge in [0.15, 0.2) is 0 Å². The molecule has 0 heterocycles. The lowest BCUT2D eigenvalue weighted by Gasteiger charge is -2.18. The Kier molecular flexibility index (Phi) is 41.5. The molecule has 0 aliphatic carbocycles. The van der Waals surface area contributed by atoms with Gasteiger partial charge >= 0.3 is 18.1 Å². The van der Waals surface area contributed by atoms with Crippen molar-refractivity contribution in [1.82, 2.24) is 4.90 Å². The number of carbonyl (C=O) groups is 3. The Morgan fingerprint density at radius 2 is 0.895 bits per heavy atom. The van der Waals surface area contributed by atoms with Crippen LogP contribution in [0.1, 0.15) is 214 Å². The van der Waals surface area contributed by atoms with E-state index in [-0.39, 0.29) is 38.4 Å². The van der Waals surface area contributed by atoms with Gasteiger partial charge in [0.25, 0.3) is 0 Å². The zero-order valence-electron chi connectivity index (χ0n) is 38.0. The first-order chi connectivity index (χ1) is 27.9. The number of hydrogen-bond acceptors (Lipinski definition) is 8. The van der Waals surface area contributed by atoms with Crippen molar-refractivity contribution in [2.75, 3.05) is 46.1 Å². The summed E-state index contributed by atoms with van der Waals surface area (Å²) in [6.07, 6.45) is 39.7. The fraction of sp³-hybridized carbons (Fsp3) is 0.857. The molecule has 8 heteroatoms. The lowest BCUT2D eigenvalue weighted by molar-refractivity contribution is -0.150. The van der Waals surface area contributed by atoms with E-state index in [1.807, 2.05) is 0 Å². The third kappa shape index (κ3) is 38.9. The number of hydrogen-bond donors (Lipinski definition) is 0. The number of rotatable bonds is 42. The molecular formula is C49H91NO7. The first kappa shape index (κ1) is 54.6. The first-order valence-corrected chi connectivity index (χ1v) is 24.0. The SMILES string of the molecule is CCCCC/C=C\C/C=C\CCCCCCCC(=O)OCC(COC(=O)CCCCCCCC(CCCCC)CCCCC)COC(=O)OCCCN(CC)CC. The van der Waals surface area contributed by atoms with Crippen molar-refractivity contribution in [2.24, 2.45) is 11.8 Å². The first-order valence-electron chi connectivity index (χ1n) is 24.0. The van der Waals surface area contributed by atoms with Gasteiger partial charge in [-0.1, -0.05) is 174 Å². The maximum atomic E-state index is 12.6. The molecule has 0 aromatic carbocycles. The van der Waals surface area contributed by atoms with E-state index in [1.54, 1.807) is 0 Å². The maximum Gasteiger partial charge on any atom is 0.508 e. The number of esters is 2. The van der Waals surface area contributed by atoms with Crippen LogP contribution in [-0.2, 0) is 28.5 Å². The van der Waals surface area contributed by atoms with Crippen molar-refractivity contribution >= 4 is 18.1 Å². The molecule has 0 radical (unpaired) electrons. The molecule has 0 aliphatic rings. The number of unbranched alkanes of at least 4 members (excludes halogenated alkanes) is 16. The highest BCUT2D eigenvalue weighted by molar-refractivity contribution is 5.69. The average Bonchev–Trinajstić information content (AvgIpc) is 3.21. The standard InChI is InChI=1S/C49H91NO7/c1-6-11-14-15-16-17-18-19-20-21-22-23-24-27-32-38-47(51)55-42-46(44-57-49(53)54-41-34-40-50(9-4)10-5)43-56-48(52)39-33-28-25-26-31-37-45(35-29-12-7-2)36-30-13-8-3/h16-17,19-20,45-46H,6-15,18,21-44H2,1-5H3/b17-16-,20-19-. The molecule has 0 bridgehead atoms. The summed E-state index contributed by atoms with van der Waals surface area (Å²) < 4.78 is 21.8. The van der Waals surface area contributed by atoms with E-state index in [9.17, 15) is 14.4 Å². The normalized spacial score (nSPS) is 12.3. The van der Waals surface area contributed by atoms with E-state index in [0.29, 0.717) is 12.8 Å². The van der Waals surface area contributed by atoms with Crippen LogP contribution >= 0.6 is 0 Å². The second-order valence-corrected chi connectivity index (χ2v) is 16.2. The Balaban J connectivity index is 4.50.